The molecule has 0 radical (unpaired) electrons. The number of fused-ring (bicyclic) bond motifs is 4. The maximum atomic E-state index is 6.15. The minimum absolute atomic E-state index is 0.684. The van der Waals surface area contributed by atoms with Crippen LogP contribution in [0, 0.1) is 0 Å². The van der Waals surface area contributed by atoms with Gasteiger partial charge in [-0.05, 0) is 57.3 Å². The first-order valence-corrected chi connectivity index (χ1v) is 10.3. The topological polar surface area (TPSA) is 13.1 Å². The molecule has 0 spiro atoms. The maximum absolute atomic E-state index is 6.15. The molecule has 30 heavy (non-hydrogen) atoms. The number of hydrogen-bond donors (Lipinski definition) is 0. The second-order valence-corrected chi connectivity index (χ2v) is 7.97. The summed E-state index contributed by atoms with van der Waals surface area (Å²) in [6.45, 7) is 0. The zero-order valence-corrected chi connectivity index (χ0v) is 16.9. The van der Waals surface area contributed by atoms with Crippen LogP contribution in [-0.4, -0.2) is 0 Å². The van der Waals surface area contributed by atoms with Crippen molar-refractivity contribution in [3.63, 3.8) is 0 Å². The van der Waals surface area contributed by atoms with Crippen LogP contribution in [-0.2, 0) is 0 Å². The van der Waals surface area contributed by atoms with Gasteiger partial charge in [0.2, 0.25) is 0 Å². The van der Waals surface area contributed by atoms with Crippen molar-refractivity contribution in [2.75, 3.05) is 0 Å². The summed E-state index contributed by atoms with van der Waals surface area (Å²) < 4.78 is 6.02. The highest BCUT2D eigenvalue weighted by molar-refractivity contribution is 6.31. The van der Waals surface area contributed by atoms with E-state index in [1.807, 2.05) is 18.2 Å². The van der Waals surface area contributed by atoms with Crippen LogP contribution in [0.2, 0.25) is 5.02 Å². The van der Waals surface area contributed by atoms with E-state index in [-0.39, 0.29) is 0 Å². The molecular formula is C28H17ClO. The van der Waals surface area contributed by atoms with E-state index >= 15 is 0 Å². The minimum atomic E-state index is 0.684. The van der Waals surface area contributed by atoms with Crippen LogP contribution < -0.4 is 0 Å². The molecular weight excluding hydrogens is 388 g/mol. The Morgan fingerprint density at radius 2 is 1.30 bits per heavy atom. The molecule has 1 aromatic heterocycles. The van der Waals surface area contributed by atoms with Crippen molar-refractivity contribution in [2.45, 2.75) is 0 Å². The zero-order chi connectivity index (χ0) is 20.1. The predicted octanol–water partition coefficient (Wildman–Crippen LogP) is 8.73. The summed E-state index contributed by atoms with van der Waals surface area (Å²) in [5, 5.41) is 5.37. The SMILES string of the molecule is Clc1ccc2c(c1)oc1ccc(-c3cccc4cccc(-c5ccccc5)c34)cc12. The lowest BCUT2D eigenvalue weighted by Crippen LogP contribution is -1.86. The number of benzene rings is 5. The van der Waals surface area contributed by atoms with Crippen LogP contribution in [0.5, 0.6) is 0 Å². The van der Waals surface area contributed by atoms with E-state index in [9.17, 15) is 0 Å². The van der Waals surface area contributed by atoms with E-state index in [0.717, 1.165) is 21.9 Å². The highest BCUT2D eigenvalue weighted by Crippen LogP contribution is 2.39. The summed E-state index contributed by atoms with van der Waals surface area (Å²) in [4.78, 5) is 0. The lowest BCUT2D eigenvalue weighted by molar-refractivity contribution is 0.669. The molecule has 0 unspecified atom stereocenters. The normalized spacial score (nSPS) is 11.5. The molecule has 6 aromatic rings. The Balaban J connectivity index is 1.65. The van der Waals surface area contributed by atoms with Gasteiger partial charge in [0.25, 0.3) is 0 Å². The van der Waals surface area contributed by atoms with Crippen molar-refractivity contribution in [1.29, 1.82) is 0 Å². The van der Waals surface area contributed by atoms with Crippen LogP contribution >= 0.6 is 11.6 Å². The second kappa shape index (κ2) is 6.76. The van der Waals surface area contributed by atoms with E-state index in [1.165, 1.54) is 33.0 Å². The molecule has 0 fully saturated rings. The lowest BCUT2D eigenvalue weighted by Gasteiger charge is -2.12. The Labute approximate surface area is 179 Å². The standard InChI is InChI=1S/C28H17ClO/c29-21-13-14-24-25-16-20(12-15-26(25)30-27(24)17-21)23-11-5-9-19-8-4-10-22(28(19)23)18-6-2-1-3-7-18/h1-17H. The minimum Gasteiger partial charge on any atom is -0.456 e. The number of furan rings is 1. The van der Waals surface area contributed by atoms with Crippen molar-refractivity contribution in [3.8, 4) is 22.3 Å². The quantitative estimate of drug-likeness (QED) is 0.281. The highest BCUT2D eigenvalue weighted by atomic mass is 35.5. The summed E-state index contributed by atoms with van der Waals surface area (Å²) in [6, 6.07) is 35.8. The average molecular weight is 405 g/mol. The molecule has 0 saturated heterocycles. The summed E-state index contributed by atoms with van der Waals surface area (Å²) in [5.41, 5.74) is 6.55. The van der Waals surface area contributed by atoms with Gasteiger partial charge in [0.15, 0.2) is 0 Å². The largest absolute Gasteiger partial charge is 0.456 e. The molecule has 6 rings (SSSR count). The molecule has 0 aliphatic carbocycles. The molecule has 0 amide bonds. The molecule has 1 heterocycles. The fraction of sp³-hybridized carbons (Fsp3) is 0. The highest BCUT2D eigenvalue weighted by Gasteiger charge is 2.13. The second-order valence-electron chi connectivity index (χ2n) is 7.53. The number of halogens is 1. The van der Waals surface area contributed by atoms with Gasteiger partial charge >= 0.3 is 0 Å². The van der Waals surface area contributed by atoms with E-state index in [2.05, 4.69) is 84.9 Å². The first-order chi connectivity index (χ1) is 14.8. The van der Waals surface area contributed by atoms with Crippen molar-refractivity contribution in [1.82, 2.24) is 0 Å². The Morgan fingerprint density at radius 3 is 2.10 bits per heavy atom. The smallest absolute Gasteiger partial charge is 0.136 e. The number of hydrogen-bond acceptors (Lipinski definition) is 1. The van der Waals surface area contributed by atoms with Crippen molar-refractivity contribution in [3.05, 3.63) is 108 Å². The van der Waals surface area contributed by atoms with Gasteiger partial charge in [0.05, 0.1) is 0 Å². The van der Waals surface area contributed by atoms with Crippen molar-refractivity contribution >= 4 is 44.3 Å². The van der Waals surface area contributed by atoms with Crippen LogP contribution in [0.1, 0.15) is 0 Å². The molecule has 1 nitrogen and oxygen atoms in total. The van der Waals surface area contributed by atoms with Gasteiger partial charge in [0, 0.05) is 21.9 Å². The van der Waals surface area contributed by atoms with Gasteiger partial charge in [-0.1, -0.05) is 84.4 Å². The predicted molar refractivity (Wildman–Crippen MR) is 127 cm³/mol. The van der Waals surface area contributed by atoms with E-state index in [0.29, 0.717) is 5.02 Å². The zero-order valence-electron chi connectivity index (χ0n) is 16.1. The maximum Gasteiger partial charge on any atom is 0.136 e. The Morgan fingerprint density at radius 1 is 0.533 bits per heavy atom. The van der Waals surface area contributed by atoms with Crippen LogP contribution in [0.3, 0.4) is 0 Å². The molecule has 0 bridgehead atoms. The summed E-state index contributed by atoms with van der Waals surface area (Å²) in [7, 11) is 0. The van der Waals surface area contributed by atoms with Gasteiger partial charge in [-0.3, -0.25) is 0 Å². The van der Waals surface area contributed by atoms with Gasteiger partial charge < -0.3 is 4.42 Å². The van der Waals surface area contributed by atoms with Crippen LogP contribution in [0.25, 0.3) is 55.0 Å². The third-order valence-corrected chi connectivity index (χ3v) is 5.97. The third-order valence-electron chi connectivity index (χ3n) is 5.73. The molecule has 0 aliphatic heterocycles. The van der Waals surface area contributed by atoms with Crippen LogP contribution in [0.4, 0.5) is 0 Å². The molecule has 0 N–H and O–H groups in total. The Bertz CT molecular complexity index is 1540. The van der Waals surface area contributed by atoms with Gasteiger partial charge in [-0.15, -0.1) is 0 Å². The van der Waals surface area contributed by atoms with Gasteiger partial charge in [0.1, 0.15) is 11.2 Å². The van der Waals surface area contributed by atoms with Gasteiger partial charge in [-0.2, -0.15) is 0 Å². The first kappa shape index (κ1) is 17.3. The van der Waals surface area contributed by atoms with E-state index < -0.39 is 0 Å². The molecule has 0 aliphatic rings. The third kappa shape index (κ3) is 2.71. The molecule has 0 atom stereocenters. The van der Waals surface area contributed by atoms with Crippen molar-refractivity contribution < 1.29 is 4.42 Å². The summed E-state index contributed by atoms with van der Waals surface area (Å²) in [6.07, 6.45) is 0. The summed E-state index contributed by atoms with van der Waals surface area (Å²) in [5.74, 6) is 0. The average Bonchev–Trinajstić information content (AvgIpc) is 3.15. The Hall–Kier alpha value is -3.55. The van der Waals surface area contributed by atoms with E-state index in [4.69, 9.17) is 16.0 Å². The monoisotopic (exact) mass is 404 g/mol. The summed E-state index contributed by atoms with van der Waals surface area (Å²) >= 11 is 6.15. The van der Waals surface area contributed by atoms with E-state index in [1.54, 1.807) is 0 Å². The van der Waals surface area contributed by atoms with Crippen molar-refractivity contribution in [2.24, 2.45) is 0 Å². The Kier molecular flexibility index (Phi) is 3.90. The number of rotatable bonds is 2. The molecule has 0 saturated carbocycles. The molecule has 5 aromatic carbocycles. The fourth-order valence-corrected chi connectivity index (χ4v) is 4.52. The molecule has 142 valence electrons. The molecule has 2 heteroatoms. The first-order valence-electron chi connectivity index (χ1n) is 9.97. The fourth-order valence-electron chi connectivity index (χ4n) is 4.36. The lowest BCUT2D eigenvalue weighted by atomic mass is 9.91. The van der Waals surface area contributed by atoms with Gasteiger partial charge in [-0.25, -0.2) is 0 Å². The van der Waals surface area contributed by atoms with Crippen LogP contribution in [0.15, 0.2) is 108 Å².